The van der Waals surface area contributed by atoms with Gasteiger partial charge in [-0.25, -0.2) is 0 Å². The van der Waals surface area contributed by atoms with Gasteiger partial charge in [0.25, 0.3) is 0 Å². The lowest BCUT2D eigenvalue weighted by Gasteiger charge is -2.24. The zero-order valence-electron chi connectivity index (χ0n) is 17.9. The first-order chi connectivity index (χ1) is 14.1. The Hall–Kier alpha value is -1.33. The summed E-state index contributed by atoms with van der Waals surface area (Å²) in [6, 6.07) is 0. The number of ketones is 1. The molecule has 0 saturated heterocycles. The van der Waals surface area contributed by atoms with Gasteiger partial charge in [0.1, 0.15) is 0 Å². The number of esters is 1. The van der Waals surface area contributed by atoms with E-state index >= 15 is 0 Å². The quantitative estimate of drug-likeness (QED) is 0.211. The molecule has 0 aromatic rings. The lowest BCUT2D eigenvalue weighted by atomic mass is 9.84. The standard InChI is InChI=1S/C24H36O4S/c1-3-29-22-17-19(15-16-21(25)18-11-7-6-8-12-18)20(24(22)27)13-9-4-5-10-14-23(26)28-2/h13,15-19,21,25H,3-12,14H2,1-2H3/b16-15+,20-13-. The molecule has 2 aliphatic rings. The third-order valence-electron chi connectivity index (χ3n) is 5.80. The van der Waals surface area contributed by atoms with Gasteiger partial charge in [-0.3, -0.25) is 9.59 Å². The van der Waals surface area contributed by atoms with Crippen molar-refractivity contribution in [3.63, 3.8) is 0 Å². The smallest absolute Gasteiger partial charge is 0.305 e. The Morgan fingerprint density at radius 2 is 2.03 bits per heavy atom. The number of allylic oxidation sites excluding steroid dienone is 5. The average Bonchev–Trinajstić information content (AvgIpc) is 3.04. The highest BCUT2D eigenvalue weighted by Crippen LogP contribution is 2.35. The van der Waals surface area contributed by atoms with Crippen molar-refractivity contribution < 1.29 is 19.4 Å². The molecule has 0 bridgehead atoms. The molecule has 4 nitrogen and oxygen atoms in total. The van der Waals surface area contributed by atoms with Gasteiger partial charge in [-0.15, -0.1) is 11.8 Å². The number of ether oxygens (including phenoxy) is 1. The van der Waals surface area contributed by atoms with Crippen LogP contribution in [0, 0.1) is 11.8 Å². The maximum Gasteiger partial charge on any atom is 0.305 e. The van der Waals surface area contributed by atoms with E-state index in [4.69, 9.17) is 0 Å². The van der Waals surface area contributed by atoms with Crippen LogP contribution in [0.15, 0.2) is 34.8 Å². The average molecular weight is 421 g/mol. The molecule has 0 radical (unpaired) electrons. The molecule has 2 aliphatic carbocycles. The van der Waals surface area contributed by atoms with Crippen LogP contribution in [0.25, 0.3) is 0 Å². The molecular weight excluding hydrogens is 384 g/mol. The number of thioether (sulfide) groups is 1. The van der Waals surface area contributed by atoms with Gasteiger partial charge in [0.05, 0.1) is 18.1 Å². The van der Waals surface area contributed by atoms with Crippen molar-refractivity contribution in [2.75, 3.05) is 12.9 Å². The van der Waals surface area contributed by atoms with Crippen molar-refractivity contribution in [3.05, 3.63) is 34.8 Å². The fraction of sp³-hybridized carbons (Fsp3) is 0.667. The van der Waals surface area contributed by atoms with Gasteiger partial charge in [-0.05, 0) is 43.8 Å². The molecule has 5 heteroatoms. The zero-order chi connectivity index (χ0) is 21.1. The number of methoxy groups -OCH3 is 1. The number of carbonyl (C=O) groups is 2. The number of Topliss-reactive ketones (excluding diaryl/α,β-unsaturated/α-hetero) is 1. The van der Waals surface area contributed by atoms with Crippen molar-refractivity contribution in [2.45, 2.75) is 77.2 Å². The first-order valence-electron chi connectivity index (χ1n) is 11.1. The monoisotopic (exact) mass is 420 g/mol. The molecule has 2 rings (SSSR count). The fourth-order valence-corrected chi connectivity index (χ4v) is 4.90. The van der Waals surface area contributed by atoms with E-state index in [9.17, 15) is 14.7 Å². The summed E-state index contributed by atoms with van der Waals surface area (Å²) < 4.78 is 4.66. The normalized spacial score (nSPS) is 23.0. The highest BCUT2D eigenvalue weighted by atomic mass is 32.2. The largest absolute Gasteiger partial charge is 0.469 e. The number of carbonyl (C=O) groups excluding carboxylic acids is 2. The van der Waals surface area contributed by atoms with Crippen molar-refractivity contribution in [1.29, 1.82) is 0 Å². The lowest BCUT2D eigenvalue weighted by molar-refractivity contribution is -0.140. The highest BCUT2D eigenvalue weighted by molar-refractivity contribution is 8.04. The SMILES string of the molecule is CCSC1=CC(/C=C/C(O)C2CCCCC2)/C(=C/CCCCCC(=O)OC)C1=O. The van der Waals surface area contributed by atoms with E-state index < -0.39 is 6.10 Å². The predicted molar refractivity (Wildman–Crippen MR) is 120 cm³/mol. The van der Waals surface area contributed by atoms with Gasteiger partial charge >= 0.3 is 5.97 Å². The fourth-order valence-electron chi connectivity index (χ4n) is 4.10. The molecule has 1 N–H and O–H groups in total. The Bertz CT molecular complexity index is 629. The second-order valence-corrected chi connectivity index (χ2v) is 9.23. The minimum Gasteiger partial charge on any atom is -0.469 e. The minimum atomic E-state index is -0.416. The summed E-state index contributed by atoms with van der Waals surface area (Å²) in [6.45, 7) is 2.06. The lowest BCUT2D eigenvalue weighted by Crippen LogP contribution is -2.20. The van der Waals surface area contributed by atoms with E-state index in [-0.39, 0.29) is 17.7 Å². The third kappa shape index (κ3) is 7.78. The van der Waals surface area contributed by atoms with Crippen LogP contribution in [0.1, 0.15) is 71.1 Å². The summed E-state index contributed by atoms with van der Waals surface area (Å²) in [7, 11) is 1.41. The van der Waals surface area contributed by atoms with Crippen LogP contribution >= 0.6 is 11.8 Å². The summed E-state index contributed by atoms with van der Waals surface area (Å²) in [4.78, 5) is 24.8. The van der Waals surface area contributed by atoms with Crippen LogP contribution in [-0.2, 0) is 14.3 Å². The molecule has 0 spiro atoms. The molecular formula is C24H36O4S. The van der Waals surface area contributed by atoms with E-state index in [1.165, 1.54) is 26.4 Å². The first-order valence-corrected chi connectivity index (χ1v) is 12.1. The second-order valence-electron chi connectivity index (χ2n) is 7.93. The van der Waals surface area contributed by atoms with Crippen LogP contribution < -0.4 is 0 Å². The van der Waals surface area contributed by atoms with E-state index in [1.54, 1.807) is 11.8 Å². The van der Waals surface area contributed by atoms with Crippen molar-refractivity contribution >= 4 is 23.5 Å². The van der Waals surface area contributed by atoms with Gasteiger partial charge in [-0.1, -0.05) is 56.9 Å². The molecule has 2 atom stereocenters. The second kappa shape index (κ2) is 13.1. The number of hydrogen-bond acceptors (Lipinski definition) is 5. The number of aliphatic hydroxyl groups excluding tert-OH is 1. The molecule has 0 aromatic carbocycles. The summed E-state index contributed by atoms with van der Waals surface area (Å²) in [6.07, 6.45) is 17.5. The summed E-state index contributed by atoms with van der Waals surface area (Å²) in [5, 5.41) is 10.5. The molecule has 29 heavy (non-hydrogen) atoms. The Balaban J connectivity index is 1.93. The molecule has 0 aromatic heterocycles. The van der Waals surface area contributed by atoms with E-state index in [0.717, 1.165) is 54.8 Å². The molecule has 162 valence electrons. The maximum absolute atomic E-state index is 12.8. The van der Waals surface area contributed by atoms with Crippen molar-refractivity contribution in [3.8, 4) is 0 Å². The Morgan fingerprint density at radius 1 is 1.28 bits per heavy atom. The van der Waals surface area contributed by atoms with Gasteiger partial charge in [0.15, 0.2) is 5.78 Å². The summed E-state index contributed by atoms with van der Waals surface area (Å²) in [5.74, 6) is 1.16. The van der Waals surface area contributed by atoms with Gasteiger partial charge in [0.2, 0.25) is 0 Å². The summed E-state index contributed by atoms with van der Waals surface area (Å²) >= 11 is 1.59. The Kier molecular flexibility index (Phi) is 10.8. The van der Waals surface area contributed by atoms with E-state index in [2.05, 4.69) is 17.7 Å². The van der Waals surface area contributed by atoms with Crippen molar-refractivity contribution in [1.82, 2.24) is 0 Å². The molecule has 1 fully saturated rings. The van der Waals surface area contributed by atoms with Crippen LogP contribution in [0.5, 0.6) is 0 Å². The van der Waals surface area contributed by atoms with Gasteiger partial charge in [0, 0.05) is 17.9 Å². The maximum atomic E-state index is 12.8. The number of aliphatic hydroxyl groups is 1. The predicted octanol–water partition coefficient (Wildman–Crippen LogP) is 5.37. The van der Waals surface area contributed by atoms with E-state index in [1.807, 2.05) is 18.2 Å². The Labute approximate surface area is 179 Å². The van der Waals surface area contributed by atoms with Crippen LogP contribution in [0.4, 0.5) is 0 Å². The van der Waals surface area contributed by atoms with Crippen LogP contribution in [-0.4, -0.2) is 35.8 Å². The van der Waals surface area contributed by atoms with Gasteiger partial charge in [-0.2, -0.15) is 0 Å². The third-order valence-corrected chi connectivity index (χ3v) is 6.72. The Morgan fingerprint density at radius 3 is 2.72 bits per heavy atom. The molecule has 1 saturated carbocycles. The number of hydrogen-bond donors (Lipinski definition) is 1. The summed E-state index contributed by atoms with van der Waals surface area (Å²) in [5.41, 5.74) is 0.834. The number of rotatable bonds is 11. The molecule has 0 amide bonds. The molecule has 0 aliphatic heterocycles. The highest BCUT2D eigenvalue weighted by Gasteiger charge is 2.28. The molecule has 0 heterocycles. The van der Waals surface area contributed by atoms with Crippen molar-refractivity contribution in [2.24, 2.45) is 11.8 Å². The number of unbranched alkanes of at least 4 members (excludes halogenated alkanes) is 3. The topological polar surface area (TPSA) is 63.6 Å². The molecule has 2 unspecified atom stereocenters. The first kappa shape index (κ1) is 23.9. The van der Waals surface area contributed by atoms with Crippen LogP contribution in [0.2, 0.25) is 0 Å². The van der Waals surface area contributed by atoms with E-state index in [0.29, 0.717) is 12.3 Å². The minimum absolute atomic E-state index is 0.0372. The van der Waals surface area contributed by atoms with Crippen LogP contribution in [0.3, 0.4) is 0 Å². The van der Waals surface area contributed by atoms with Gasteiger partial charge < -0.3 is 9.84 Å². The zero-order valence-corrected chi connectivity index (χ0v) is 18.7.